The smallest absolute Gasteiger partial charge is 0.416 e. The summed E-state index contributed by atoms with van der Waals surface area (Å²) in [5, 5.41) is 0. The fraction of sp³-hybridized carbons (Fsp3) is 0.333. The molecule has 0 N–H and O–H groups in total. The highest BCUT2D eigenvalue weighted by Crippen LogP contribution is 2.31. The highest BCUT2D eigenvalue weighted by atomic mass is 36.0. The van der Waals surface area contributed by atoms with Gasteiger partial charge >= 0.3 is 14.4 Å². The molecule has 0 bridgehead atoms. The average Bonchev–Trinajstić information content (AvgIpc) is 2.23. The van der Waals surface area contributed by atoms with E-state index in [2.05, 4.69) is 26.1 Å². The largest absolute Gasteiger partial charge is 0.488 e. The van der Waals surface area contributed by atoms with Crippen molar-refractivity contribution in [3.05, 3.63) is 29.8 Å². The Hall–Kier alpha value is -0.800. The summed E-state index contributed by atoms with van der Waals surface area (Å²) in [5.74, 6) is -0.217. The van der Waals surface area contributed by atoms with Crippen LogP contribution in [0.15, 0.2) is 24.3 Å². The lowest BCUT2D eigenvalue weighted by molar-refractivity contribution is -0.137. The molecule has 0 aliphatic carbocycles. The maximum Gasteiger partial charge on any atom is 0.416 e. The predicted octanol–water partition coefficient (Wildman–Crippen LogP) is 4.06. The van der Waals surface area contributed by atoms with Gasteiger partial charge in [-0.3, -0.25) is 0 Å². The van der Waals surface area contributed by atoms with Crippen LogP contribution in [0.1, 0.15) is 5.56 Å². The van der Waals surface area contributed by atoms with Crippen LogP contribution in [0.5, 0.6) is 5.75 Å². The first-order valence-corrected chi connectivity index (χ1v) is 7.75. The van der Waals surface area contributed by atoms with Gasteiger partial charge in [-0.1, -0.05) is 6.07 Å². The molecular weight excluding hydrogens is 354 g/mol. The zero-order chi connectivity index (χ0) is 16.0. The topological polar surface area (TPSA) is 43.4 Å². The Bertz CT molecular complexity index is 511. The van der Waals surface area contributed by atoms with Gasteiger partial charge in [-0.05, 0) is 18.2 Å². The standard InChI is InChI=1S/C9H7F5O.Cl2O2S/c10-8(11)5-15-7-3-1-2-6(4-7)9(12,13)14;1-5(2,3)4/h1-4,8H,5H2;. The van der Waals surface area contributed by atoms with Crippen molar-refractivity contribution in [2.24, 2.45) is 0 Å². The minimum absolute atomic E-state index is 0.217. The lowest BCUT2D eigenvalue weighted by Crippen LogP contribution is -2.09. The first-order chi connectivity index (χ1) is 8.89. The van der Waals surface area contributed by atoms with Gasteiger partial charge in [0.15, 0.2) is 0 Å². The van der Waals surface area contributed by atoms with Gasteiger partial charge in [0.05, 0.1) is 5.56 Å². The zero-order valence-electron chi connectivity index (χ0n) is 9.37. The number of halogens is 7. The third kappa shape index (κ3) is 11.1. The second kappa shape index (κ2) is 7.84. The molecule has 0 radical (unpaired) electrons. The first kappa shape index (κ1) is 19.2. The van der Waals surface area contributed by atoms with Crippen LogP contribution in [0.4, 0.5) is 22.0 Å². The molecule has 11 heteroatoms. The SMILES string of the molecule is FC(F)COc1cccc(C(F)(F)F)c1.O=S(=O)(Cl)Cl. The molecule has 0 saturated carbocycles. The molecule has 116 valence electrons. The Morgan fingerprint density at radius 3 is 2.10 bits per heavy atom. The second-order valence-electron chi connectivity index (χ2n) is 3.11. The molecule has 0 heterocycles. The fourth-order valence-corrected chi connectivity index (χ4v) is 0.921. The summed E-state index contributed by atoms with van der Waals surface area (Å²) in [5.41, 5.74) is -0.922. The molecule has 20 heavy (non-hydrogen) atoms. The molecule has 1 rings (SSSR count). The van der Waals surface area contributed by atoms with Crippen molar-refractivity contribution in [3.8, 4) is 5.75 Å². The lowest BCUT2D eigenvalue weighted by Gasteiger charge is -2.09. The van der Waals surface area contributed by atoms with Crippen molar-refractivity contribution >= 4 is 29.6 Å². The number of ether oxygens (including phenoxy) is 1. The number of benzene rings is 1. The van der Waals surface area contributed by atoms with Gasteiger partial charge in [0.1, 0.15) is 12.4 Å². The van der Waals surface area contributed by atoms with Crippen molar-refractivity contribution in [1.29, 1.82) is 0 Å². The number of hydrogen-bond acceptors (Lipinski definition) is 3. The molecule has 0 saturated heterocycles. The molecule has 0 unspecified atom stereocenters. The van der Waals surface area contributed by atoms with Gasteiger partial charge < -0.3 is 4.74 Å². The molecule has 3 nitrogen and oxygen atoms in total. The predicted molar refractivity (Wildman–Crippen MR) is 63.6 cm³/mol. The van der Waals surface area contributed by atoms with Gasteiger partial charge in [0.2, 0.25) is 0 Å². The molecule has 0 atom stereocenters. The molecule has 0 amide bonds. The van der Waals surface area contributed by atoms with Crippen LogP contribution >= 0.6 is 21.4 Å². The van der Waals surface area contributed by atoms with E-state index in [1.165, 1.54) is 6.07 Å². The van der Waals surface area contributed by atoms with Crippen LogP contribution in [-0.2, 0) is 14.4 Å². The molecular formula is C9H7Cl2F5O3S. The number of alkyl halides is 5. The summed E-state index contributed by atoms with van der Waals surface area (Å²) < 4.78 is 82.7. The van der Waals surface area contributed by atoms with Crippen LogP contribution in [-0.4, -0.2) is 21.5 Å². The Labute approximate surface area is 120 Å². The molecule has 0 aliphatic heterocycles. The average molecular weight is 361 g/mol. The van der Waals surface area contributed by atoms with Gasteiger partial charge in [-0.25, -0.2) is 8.78 Å². The summed E-state index contributed by atoms with van der Waals surface area (Å²) >= 11 is 0. The Morgan fingerprint density at radius 1 is 1.20 bits per heavy atom. The highest BCUT2D eigenvalue weighted by molar-refractivity contribution is 8.31. The highest BCUT2D eigenvalue weighted by Gasteiger charge is 2.30. The van der Waals surface area contributed by atoms with Crippen LogP contribution < -0.4 is 4.74 Å². The van der Waals surface area contributed by atoms with E-state index in [1.807, 2.05) is 0 Å². The monoisotopic (exact) mass is 360 g/mol. The van der Waals surface area contributed by atoms with E-state index in [0.717, 1.165) is 12.1 Å². The minimum Gasteiger partial charge on any atom is -0.488 e. The van der Waals surface area contributed by atoms with Crippen molar-refractivity contribution in [2.75, 3.05) is 6.61 Å². The van der Waals surface area contributed by atoms with Crippen LogP contribution in [0.3, 0.4) is 0 Å². The molecule has 0 fully saturated rings. The number of hydrogen-bond donors (Lipinski definition) is 0. The molecule has 1 aromatic rings. The summed E-state index contributed by atoms with van der Waals surface area (Å²) in [6.07, 6.45) is -7.20. The van der Waals surface area contributed by atoms with E-state index in [9.17, 15) is 22.0 Å². The zero-order valence-corrected chi connectivity index (χ0v) is 11.7. The van der Waals surface area contributed by atoms with E-state index in [0.29, 0.717) is 6.07 Å². The van der Waals surface area contributed by atoms with Gasteiger partial charge in [-0.15, -0.1) is 0 Å². The maximum absolute atomic E-state index is 12.2. The van der Waals surface area contributed by atoms with E-state index < -0.39 is 33.0 Å². The van der Waals surface area contributed by atoms with Gasteiger partial charge in [0.25, 0.3) is 6.43 Å². The molecule has 1 aromatic carbocycles. The van der Waals surface area contributed by atoms with Crippen LogP contribution in [0, 0.1) is 0 Å². The molecule has 0 spiro atoms. The van der Waals surface area contributed by atoms with E-state index in [-0.39, 0.29) is 5.75 Å². The first-order valence-electron chi connectivity index (χ1n) is 4.62. The quantitative estimate of drug-likeness (QED) is 0.603. The Balaban J connectivity index is 0.000000621. The van der Waals surface area contributed by atoms with E-state index in [1.54, 1.807) is 0 Å². The minimum atomic E-state index is -4.50. The maximum atomic E-state index is 12.2. The third-order valence-electron chi connectivity index (χ3n) is 1.54. The summed E-state index contributed by atoms with van der Waals surface area (Å²) in [4.78, 5) is 0. The lowest BCUT2D eigenvalue weighted by atomic mass is 10.2. The normalized spacial score (nSPS) is 11.8. The van der Waals surface area contributed by atoms with Crippen LogP contribution in [0.25, 0.3) is 0 Å². The molecule has 0 aliphatic rings. The van der Waals surface area contributed by atoms with Gasteiger partial charge in [-0.2, -0.15) is 21.6 Å². The second-order valence-corrected chi connectivity index (χ2v) is 6.77. The van der Waals surface area contributed by atoms with Gasteiger partial charge in [0, 0.05) is 21.4 Å². The third-order valence-corrected chi connectivity index (χ3v) is 1.54. The summed E-state index contributed by atoms with van der Waals surface area (Å²) in [6.45, 7) is -0.915. The van der Waals surface area contributed by atoms with E-state index in [4.69, 9.17) is 8.42 Å². The Kier molecular flexibility index (Phi) is 7.53. The van der Waals surface area contributed by atoms with Crippen molar-refractivity contribution in [3.63, 3.8) is 0 Å². The van der Waals surface area contributed by atoms with Crippen LogP contribution in [0.2, 0.25) is 0 Å². The van der Waals surface area contributed by atoms with E-state index >= 15 is 0 Å². The fourth-order valence-electron chi connectivity index (χ4n) is 0.921. The van der Waals surface area contributed by atoms with Crippen molar-refractivity contribution in [1.82, 2.24) is 0 Å². The van der Waals surface area contributed by atoms with Crippen molar-refractivity contribution in [2.45, 2.75) is 12.6 Å². The molecule has 0 aromatic heterocycles. The van der Waals surface area contributed by atoms with Crippen molar-refractivity contribution < 1.29 is 35.1 Å². The Morgan fingerprint density at radius 2 is 1.70 bits per heavy atom. The summed E-state index contributed by atoms with van der Waals surface area (Å²) in [6, 6.07) is 3.82. The summed E-state index contributed by atoms with van der Waals surface area (Å²) in [7, 11) is 4.81. The number of rotatable bonds is 3.